The third-order valence-corrected chi connectivity index (χ3v) is 3.44. The van der Waals surface area contributed by atoms with Crippen molar-refractivity contribution in [1.29, 1.82) is 5.26 Å². The van der Waals surface area contributed by atoms with E-state index in [1.807, 2.05) is 0 Å². The highest BCUT2D eigenvalue weighted by molar-refractivity contribution is 6.09. The summed E-state index contributed by atoms with van der Waals surface area (Å²) in [5, 5.41) is 19.7. The summed E-state index contributed by atoms with van der Waals surface area (Å²) < 4.78 is 4.78. The van der Waals surface area contributed by atoms with Gasteiger partial charge < -0.3 is 4.74 Å². The number of carbonyl (C=O) groups is 2. The minimum absolute atomic E-state index is 0.0926. The average Bonchev–Trinajstić information content (AvgIpc) is 2.66. The summed E-state index contributed by atoms with van der Waals surface area (Å²) in [7, 11) is 0. The highest BCUT2D eigenvalue weighted by Gasteiger charge is 2.12. The summed E-state index contributed by atoms with van der Waals surface area (Å²) in [5.74, 6) is -0.998. The average molecular weight is 350 g/mol. The van der Waals surface area contributed by atoms with Crippen LogP contribution in [0, 0.1) is 21.4 Å². The van der Waals surface area contributed by atoms with Gasteiger partial charge in [0, 0.05) is 23.3 Å². The van der Waals surface area contributed by atoms with E-state index in [1.165, 1.54) is 30.3 Å². The van der Waals surface area contributed by atoms with Crippen molar-refractivity contribution in [2.75, 3.05) is 6.61 Å². The fourth-order valence-electron chi connectivity index (χ4n) is 2.14. The number of nitrogens with zero attached hydrogens (tertiary/aromatic N) is 2. The molecule has 2 aromatic carbocycles. The fourth-order valence-corrected chi connectivity index (χ4v) is 2.14. The standard InChI is InChI=1S/C19H14N2O5/c1-2-26-19(23)16(12-20)11-13-3-5-14(6-4-13)18(22)15-7-9-17(10-8-15)21(24)25/h3-11H,2H2,1H3. The van der Waals surface area contributed by atoms with Gasteiger partial charge in [-0.05, 0) is 30.7 Å². The van der Waals surface area contributed by atoms with Gasteiger partial charge in [0.1, 0.15) is 11.6 Å². The van der Waals surface area contributed by atoms with Crippen LogP contribution in [0.25, 0.3) is 6.08 Å². The van der Waals surface area contributed by atoms with Crippen molar-refractivity contribution in [3.8, 4) is 6.07 Å². The first-order chi connectivity index (χ1) is 12.5. The number of nitro benzene ring substituents is 1. The number of benzene rings is 2. The summed E-state index contributed by atoms with van der Waals surface area (Å²) in [6.45, 7) is 1.81. The Morgan fingerprint density at radius 2 is 1.65 bits per heavy atom. The van der Waals surface area contributed by atoms with Crippen molar-refractivity contribution in [2.45, 2.75) is 6.92 Å². The van der Waals surface area contributed by atoms with Crippen molar-refractivity contribution in [3.63, 3.8) is 0 Å². The van der Waals surface area contributed by atoms with E-state index in [2.05, 4.69) is 0 Å². The Morgan fingerprint density at radius 1 is 1.12 bits per heavy atom. The Kier molecular flexibility index (Phi) is 5.96. The highest BCUT2D eigenvalue weighted by atomic mass is 16.6. The van der Waals surface area contributed by atoms with Gasteiger partial charge in [0.05, 0.1) is 11.5 Å². The van der Waals surface area contributed by atoms with E-state index >= 15 is 0 Å². The summed E-state index contributed by atoms with van der Waals surface area (Å²) in [6.07, 6.45) is 1.37. The fraction of sp³-hybridized carbons (Fsp3) is 0.105. The van der Waals surface area contributed by atoms with Crippen LogP contribution >= 0.6 is 0 Å². The highest BCUT2D eigenvalue weighted by Crippen LogP contribution is 2.17. The van der Waals surface area contributed by atoms with Gasteiger partial charge in [-0.15, -0.1) is 0 Å². The third kappa shape index (κ3) is 4.39. The largest absolute Gasteiger partial charge is 0.462 e. The van der Waals surface area contributed by atoms with Crippen LogP contribution in [0.4, 0.5) is 5.69 Å². The van der Waals surface area contributed by atoms with Crippen LogP contribution in [0.5, 0.6) is 0 Å². The van der Waals surface area contributed by atoms with E-state index in [0.717, 1.165) is 0 Å². The molecule has 0 fully saturated rings. The molecule has 2 rings (SSSR count). The van der Waals surface area contributed by atoms with E-state index in [4.69, 9.17) is 10.00 Å². The monoisotopic (exact) mass is 350 g/mol. The van der Waals surface area contributed by atoms with Crippen molar-refractivity contribution in [3.05, 3.63) is 80.9 Å². The first kappa shape index (κ1) is 18.5. The van der Waals surface area contributed by atoms with Crippen LogP contribution < -0.4 is 0 Å². The zero-order valence-electron chi connectivity index (χ0n) is 13.8. The second-order valence-corrected chi connectivity index (χ2v) is 5.15. The van der Waals surface area contributed by atoms with Gasteiger partial charge in [-0.3, -0.25) is 14.9 Å². The Morgan fingerprint density at radius 3 is 2.12 bits per heavy atom. The molecule has 0 radical (unpaired) electrons. The second kappa shape index (κ2) is 8.35. The maximum absolute atomic E-state index is 12.4. The summed E-state index contributed by atoms with van der Waals surface area (Å²) in [4.78, 5) is 34.1. The smallest absolute Gasteiger partial charge is 0.348 e. The summed E-state index contributed by atoms with van der Waals surface area (Å²) in [5.41, 5.74) is 1.04. The van der Waals surface area contributed by atoms with Gasteiger partial charge >= 0.3 is 5.97 Å². The first-order valence-corrected chi connectivity index (χ1v) is 7.64. The van der Waals surface area contributed by atoms with Crippen molar-refractivity contribution < 1.29 is 19.2 Å². The number of nitriles is 1. The number of non-ortho nitro benzene ring substituents is 1. The number of ketones is 1. The maximum Gasteiger partial charge on any atom is 0.348 e. The number of carbonyl (C=O) groups excluding carboxylic acids is 2. The van der Waals surface area contributed by atoms with Crippen molar-refractivity contribution in [1.82, 2.24) is 0 Å². The van der Waals surface area contributed by atoms with E-state index in [1.54, 1.807) is 37.3 Å². The Labute approximate surface area is 149 Å². The number of hydrogen-bond acceptors (Lipinski definition) is 6. The van der Waals surface area contributed by atoms with E-state index in [-0.39, 0.29) is 23.7 Å². The summed E-state index contributed by atoms with van der Waals surface area (Å²) in [6, 6.07) is 13.4. The zero-order valence-corrected chi connectivity index (χ0v) is 13.8. The summed E-state index contributed by atoms with van der Waals surface area (Å²) >= 11 is 0. The predicted molar refractivity (Wildman–Crippen MR) is 93.2 cm³/mol. The van der Waals surface area contributed by atoms with Gasteiger partial charge in [0.15, 0.2) is 5.78 Å². The van der Waals surface area contributed by atoms with E-state index in [0.29, 0.717) is 16.7 Å². The molecule has 26 heavy (non-hydrogen) atoms. The SMILES string of the molecule is CCOC(=O)C(C#N)=Cc1ccc(C(=O)c2ccc([N+](=O)[O-])cc2)cc1. The van der Waals surface area contributed by atoms with Gasteiger partial charge in [0.2, 0.25) is 0 Å². The minimum Gasteiger partial charge on any atom is -0.462 e. The Balaban J connectivity index is 2.20. The van der Waals surface area contributed by atoms with Crippen LogP contribution in [0.3, 0.4) is 0 Å². The molecule has 0 atom stereocenters. The van der Waals surface area contributed by atoms with E-state index in [9.17, 15) is 19.7 Å². The van der Waals surface area contributed by atoms with Gasteiger partial charge in [-0.1, -0.05) is 24.3 Å². The molecule has 0 saturated heterocycles. The van der Waals surface area contributed by atoms with Gasteiger partial charge in [0.25, 0.3) is 5.69 Å². The molecule has 7 nitrogen and oxygen atoms in total. The van der Waals surface area contributed by atoms with Crippen LogP contribution in [-0.2, 0) is 9.53 Å². The molecule has 0 spiro atoms. The molecule has 0 aliphatic heterocycles. The number of nitro groups is 1. The van der Waals surface area contributed by atoms with Crippen LogP contribution in [0.2, 0.25) is 0 Å². The predicted octanol–water partition coefficient (Wildman–Crippen LogP) is 3.30. The van der Waals surface area contributed by atoms with Crippen molar-refractivity contribution in [2.24, 2.45) is 0 Å². The molecule has 2 aromatic rings. The van der Waals surface area contributed by atoms with Crippen molar-refractivity contribution >= 4 is 23.5 Å². The maximum atomic E-state index is 12.4. The van der Waals surface area contributed by atoms with E-state index < -0.39 is 10.9 Å². The molecule has 0 unspecified atom stereocenters. The molecular formula is C19H14N2O5. The first-order valence-electron chi connectivity index (χ1n) is 7.64. The van der Waals surface area contributed by atoms with Crippen LogP contribution in [0.15, 0.2) is 54.1 Å². The molecule has 0 heterocycles. The lowest BCUT2D eigenvalue weighted by Crippen LogP contribution is -2.06. The molecular weight excluding hydrogens is 336 g/mol. The third-order valence-electron chi connectivity index (χ3n) is 3.44. The molecule has 0 N–H and O–H groups in total. The zero-order chi connectivity index (χ0) is 19.1. The number of ether oxygens (including phenoxy) is 1. The topological polar surface area (TPSA) is 110 Å². The quantitative estimate of drug-likeness (QED) is 0.197. The molecule has 0 bridgehead atoms. The van der Waals surface area contributed by atoms with Gasteiger partial charge in [-0.2, -0.15) is 5.26 Å². The normalized spacial score (nSPS) is 10.7. The lowest BCUT2D eigenvalue weighted by atomic mass is 10.0. The second-order valence-electron chi connectivity index (χ2n) is 5.15. The van der Waals surface area contributed by atoms with Gasteiger partial charge in [-0.25, -0.2) is 4.79 Å². The minimum atomic E-state index is -0.707. The molecule has 0 aromatic heterocycles. The van der Waals surface area contributed by atoms with Crippen LogP contribution in [-0.4, -0.2) is 23.3 Å². The number of esters is 1. The molecule has 0 amide bonds. The Hall–Kier alpha value is -3.79. The lowest BCUT2D eigenvalue weighted by Gasteiger charge is -2.03. The molecule has 0 aliphatic carbocycles. The molecule has 7 heteroatoms. The molecule has 0 aliphatic rings. The van der Waals surface area contributed by atoms with Crippen LogP contribution in [0.1, 0.15) is 28.4 Å². The number of rotatable bonds is 6. The molecule has 130 valence electrons. The lowest BCUT2D eigenvalue weighted by molar-refractivity contribution is -0.384. The Bertz CT molecular complexity index is 906. The number of hydrogen-bond donors (Lipinski definition) is 0. The molecule has 0 saturated carbocycles.